The van der Waals surface area contributed by atoms with Crippen LogP contribution in [0.2, 0.25) is 0 Å². The first-order valence-corrected chi connectivity index (χ1v) is 10.2. The number of nitrogens with one attached hydrogen (secondary N) is 1. The van der Waals surface area contributed by atoms with E-state index < -0.39 is 10.0 Å². The van der Waals surface area contributed by atoms with Crippen molar-refractivity contribution in [3.05, 3.63) is 48.3 Å². The average molecular weight is 360 g/mol. The highest BCUT2D eigenvalue weighted by molar-refractivity contribution is 7.89. The molecule has 0 aromatic heterocycles. The first-order chi connectivity index (χ1) is 12.1. The Morgan fingerprint density at radius 3 is 2.56 bits per heavy atom. The predicted octanol–water partition coefficient (Wildman–Crippen LogP) is 4.20. The molecule has 1 heterocycles. The van der Waals surface area contributed by atoms with Crippen molar-refractivity contribution in [3.8, 4) is 11.1 Å². The van der Waals surface area contributed by atoms with Gasteiger partial charge in [0.2, 0.25) is 10.0 Å². The molecule has 1 N–H and O–H groups in total. The number of hydrogen-bond donors (Lipinski definition) is 1. The molecule has 132 valence electrons. The van der Waals surface area contributed by atoms with Gasteiger partial charge in [0.15, 0.2) is 0 Å². The molecule has 1 aliphatic heterocycles. The molecule has 0 saturated heterocycles. The summed E-state index contributed by atoms with van der Waals surface area (Å²) in [5.74, 6) is -0.354. The van der Waals surface area contributed by atoms with E-state index in [1.807, 2.05) is 0 Å². The highest BCUT2D eigenvalue weighted by atomic mass is 32.2. The molecule has 2 aromatic carbocycles. The van der Waals surface area contributed by atoms with Gasteiger partial charge in [-0.15, -0.1) is 0 Å². The van der Waals surface area contributed by atoms with Gasteiger partial charge in [-0.3, -0.25) is 0 Å². The summed E-state index contributed by atoms with van der Waals surface area (Å²) in [6.45, 7) is 0.305. The molecule has 0 unspecified atom stereocenters. The lowest BCUT2D eigenvalue weighted by atomic mass is 9.96. The summed E-state index contributed by atoms with van der Waals surface area (Å²) < 4.78 is 42.0. The second-order valence-corrected chi connectivity index (χ2v) is 8.57. The fourth-order valence-corrected chi connectivity index (χ4v) is 5.60. The number of benzene rings is 2. The summed E-state index contributed by atoms with van der Waals surface area (Å²) in [4.78, 5) is 0.241. The van der Waals surface area contributed by atoms with Crippen molar-refractivity contribution >= 4 is 15.7 Å². The van der Waals surface area contributed by atoms with Crippen LogP contribution in [0.4, 0.5) is 10.1 Å². The van der Waals surface area contributed by atoms with Crippen LogP contribution in [-0.4, -0.2) is 25.4 Å². The normalized spacial score (nSPS) is 20.7. The fraction of sp³-hybridized carbons (Fsp3) is 0.368. The Hall–Kier alpha value is -1.92. The Morgan fingerprint density at radius 1 is 1.04 bits per heavy atom. The van der Waals surface area contributed by atoms with E-state index in [4.69, 9.17) is 0 Å². The summed E-state index contributed by atoms with van der Waals surface area (Å²) in [5, 5.41) is 3.21. The molecular formula is C19H21FN2O2S. The monoisotopic (exact) mass is 360 g/mol. The van der Waals surface area contributed by atoms with Crippen LogP contribution < -0.4 is 5.32 Å². The van der Waals surface area contributed by atoms with Crippen LogP contribution in [0.1, 0.15) is 32.1 Å². The lowest BCUT2D eigenvalue weighted by Crippen LogP contribution is -2.46. The van der Waals surface area contributed by atoms with Crippen molar-refractivity contribution in [3.63, 3.8) is 0 Å². The Bertz CT molecular complexity index is 892. The lowest BCUT2D eigenvalue weighted by molar-refractivity contribution is 0.261. The highest BCUT2D eigenvalue weighted by Gasteiger charge is 2.37. The number of hydrogen-bond acceptors (Lipinski definition) is 3. The number of sulfonamides is 1. The molecule has 1 aliphatic carbocycles. The number of rotatable bonds is 2. The third-order valence-electron chi connectivity index (χ3n) is 5.16. The molecule has 0 amide bonds. The van der Waals surface area contributed by atoms with Crippen molar-refractivity contribution in [2.45, 2.75) is 43.0 Å². The predicted molar refractivity (Wildman–Crippen MR) is 96.2 cm³/mol. The van der Waals surface area contributed by atoms with Crippen molar-refractivity contribution in [1.29, 1.82) is 0 Å². The zero-order valence-electron chi connectivity index (χ0n) is 13.9. The van der Waals surface area contributed by atoms with Crippen LogP contribution in [-0.2, 0) is 10.0 Å². The van der Waals surface area contributed by atoms with Crippen LogP contribution in [0.3, 0.4) is 0 Å². The molecule has 2 aliphatic rings. The third kappa shape index (κ3) is 2.93. The van der Waals surface area contributed by atoms with Crippen LogP contribution in [0.5, 0.6) is 0 Å². The quantitative estimate of drug-likeness (QED) is 0.873. The Labute approximate surface area is 147 Å². The summed E-state index contributed by atoms with van der Waals surface area (Å²) >= 11 is 0. The Morgan fingerprint density at radius 2 is 1.80 bits per heavy atom. The SMILES string of the molecule is O=S1(=O)c2cc(-c3ccccc3F)ccc2NCN1C1CCCCC1. The molecule has 0 atom stereocenters. The number of fused-ring (bicyclic) bond motifs is 1. The topological polar surface area (TPSA) is 49.4 Å². The van der Waals surface area contributed by atoms with E-state index in [-0.39, 0.29) is 16.8 Å². The van der Waals surface area contributed by atoms with E-state index in [9.17, 15) is 12.8 Å². The van der Waals surface area contributed by atoms with Gasteiger partial charge in [0.25, 0.3) is 0 Å². The first kappa shape index (κ1) is 16.5. The van der Waals surface area contributed by atoms with E-state index in [0.717, 1.165) is 25.7 Å². The van der Waals surface area contributed by atoms with Gasteiger partial charge in [-0.2, -0.15) is 4.31 Å². The van der Waals surface area contributed by atoms with Gasteiger partial charge in [0.1, 0.15) is 10.7 Å². The molecule has 2 aromatic rings. The van der Waals surface area contributed by atoms with Gasteiger partial charge in [-0.1, -0.05) is 43.5 Å². The molecular weight excluding hydrogens is 339 g/mol. The maximum atomic E-state index is 14.1. The minimum Gasteiger partial charge on any atom is -0.370 e. The summed E-state index contributed by atoms with van der Waals surface area (Å²) in [5.41, 5.74) is 1.58. The molecule has 4 rings (SSSR count). The van der Waals surface area contributed by atoms with Gasteiger partial charge in [-0.25, -0.2) is 12.8 Å². The van der Waals surface area contributed by atoms with Gasteiger partial charge in [0.05, 0.1) is 12.4 Å². The lowest BCUT2D eigenvalue weighted by Gasteiger charge is -2.37. The van der Waals surface area contributed by atoms with E-state index in [1.54, 1.807) is 40.7 Å². The minimum absolute atomic E-state index is 0.0523. The fourth-order valence-electron chi connectivity index (χ4n) is 3.81. The second-order valence-electron chi connectivity index (χ2n) is 6.71. The zero-order valence-corrected chi connectivity index (χ0v) is 14.7. The van der Waals surface area contributed by atoms with Crippen LogP contribution >= 0.6 is 0 Å². The molecule has 1 fully saturated rings. The van der Waals surface area contributed by atoms with Crippen LogP contribution in [0.15, 0.2) is 47.4 Å². The molecule has 6 heteroatoms. The standard InChI is InChI=1S/C19H21FN2O2S/c20-17-9-5-4-8-16(17)14-10-11-18-19(12-14)25(23,24)22(13-21-18)15-6-2-1-3-7-15/h4-5,8-12,15,21H,1-3,6-7,13H2. The minimum atomic E-state index is -3.58. The van der Waals surface area contributed by atoms with Crippen LogP contribution in [0.25, 0.3) is 11.1 Å². The van der Waals surface area contributed by atoms with Gasteiger partial charge < -0.3 is 5.32 Å². The third-order valence-corrected chi connectivity index (χ3v) is 7.10. The van der Waals surface area contributed by atoms with E-state index >= 15 is 0 Å². The first-order valence-electron chi connectivity index (χ1n) is 8.72. The average Bonchev–Trinajstić information content (AvgIpc) is 2.63. The summed E-state index contributed by atoms with van der Waals surface area (Å²) in [6.07, 6.45) is 5.12. The van der Waals surface area contributed by atoms with E-state index in [0.29, 0.717) is 23.5 Å². The largest absolute Gasteiger partial charge is 0.370 e. The van der Waals surface area contributed by atoms with Gasteiger partial charge in [-0.05, 0) is 36.6 Å². The number of anilines is 1. The molecule has 4 nitrogen and oxygen atoms in total. The van der Waals surface area contributed by atoms with Crippen molar-refractivity contribution in [1.82, 2.24) is 4.31 Å². The molecule has 25 heavy (non-hydrogen) atoms. The number of nitrogens with zero attached hydrogens (tertiary/aromatic N) is 1. The maximum absolute atomic E-state index is 14.1. The highest BCUT2D eigenvalue weighted by Crippen LogP contribution is 2.36. The Kier molecular flexibility index (Phi) is 4.25. The van der Waals surface area contributed by atoms with E-state index in [2.05, 4.69) is 5.32 Å². The van der Waals surface area contributed by atoms with Crippen LogP contribution in [0, 0.1) is 5.82 Å². The smallest absolute Gasteiger partial charge is 0.246 e. The maximum Gasteiger partial charge on any atom is 0.246 e. The van der Waals surface area contributed by atoms with Crippen molar-refractivity contribution in [2.75, 3.05) is 12.0 Å². The molecule has 0 spiro atoms. The molecule has 0 radical (unpaired) electrons. The summed E-state index contributed by atoms with van der Waals surface area (Å²) in [6, 6.07) is 11.6. The molecule has 0 bridgehead atoms. The van der Waals surface area contributed by atoms with E-state index in [1.165, 1.54) is 12.5 Å². The Balaban J connectivity index is 1.75. The number of halogens is 1. The molecule has 1 saturated carbocycles. The second kappa shape index (κ2) is 6.42. The van der Waals surface area contributed by atoms with Crippen molar-refractivity contribution < 1.29 is 12.8 Å². The summed E-state index contributed by atoms with van der Waals surface area (Å²) in [7, 11) is -3.58. The van der Waals surface area contributed by atoms with Gasteiger partial charge >= 0.3 is 0 Å². The van der Waals surface area contributed by atoms with Gasteiger partial charge in [0, 0.05) is 11.6 Å². The zero-order chi connectivity index (χ0) is 17.4. The van der Waals surface area contributed by atoms with Crippen molar-refractivity contribution in [2.24, 2.45) is 0 Å².